The van der Waals surface area contributed by atoms with Crippen LogP contribution in [-0.4, -0.2) is 50.6 Å². The van der Waals surface area contributed by atoms with Gasteiger partial charge in [0.2, 0.25) is 0 Å². The standard InChI is InChI=1S/C15H22O6/c16-14(20-8-11-6-18-11)5-10-3-1-2-4-13(10)15(17)21-9-12-7-19-12/h10-13H,1-9H2/t10?,11-,12+,13?/m1/s1. The first-order chi connectivity index (χ1) is 10.2. The maximum Gasteiger partial charge on any atom is 0.309 e. The Kier molecular flexibility index (Phi) is 4.75. The van der Waals surface area contributed by atoms with Crippen molar-refractivity contribution in [3.05, 3.63) is 0 Å². The summed E-state index contributed by atoms with van der Waals surface area (Å²) in [5.74, 6) is -0.560. The molecule has 0 aromatic carbocycles. The molecule has 6 heteroatoms. The van der Waals surface area contributed by atoms with Gasteiger partial charge in [-0.1, -0.05) is 12.8 Å². The van der Waals surface area contributed by atoms with E-state index in [1.54, 1.807) is 0 Å². The summed E-state index contributed by atoms with van der Waals surface area (Å²) < 4.78 is 20.5. The van der Waals surface area contributed by atoms with Crippen molar-refractivity contribution in [3.63, 3.8) is 0 Å². The molecular weight excluding hydrogens is 276 g/mol. The van der Waals surface area contributed by atoms with Gasteiger partial charge in [0.05, 0.1) is 19.1 Å². The molecule has 0 aromatic rings. The average molecular weight is 298 g/mol. The lowest BCUT2D eigenvalue weighted by Crippen LogP contribution is -2.31. The summed E-state index contributed by atoms with van der Waals surface area (Å²) in [5.41, 5.74) is 0. The Labute approximate surface area is 124 Å². The minimum atomic E-state index is -0.235. The van der Waals surface area contributed by atoms with Gasteiger partial charge in [0.15, 0.2) is 0 Å². The largest absolute Gasteiger partial charge is 0.463 e. The van der Waals surface area contributed by atoms with Crippen molar-refractivity contribution in [1.82, 2.24) is 0 Å². The van der Waals surface area contributed by atoms with E-state index in [0.29, 0.717) is 32.8 Å². The van der Waals surface area contributed by atoms with E-state index in [2.05, 4.69) is 0 Å². The number of hydrogen-bond acceptors (Lipinski definition) is 6. The zero-order chi connectivity index (χ0) is 14.7. The third-order valence-corrected chi connectivity index (χ3v) is 4.29. The highest BCUT2D eigenvalue weighted by Crippen LogP contribution is 2.34. The van der Waals surface area contributed by atoms with E-state index in [-0.39, 0.29) is 36.0 Å². The van der Waals surface area contributed by atoms with Crippen LogP contribution in [0.2, 0.25) is 0 Å². The van der Waals surface area contributed by atoms with Gasteiger partial charge in [0.1, 0.15) is 25.4 Å². The van der Waals surface area contributed by atoms with Crippen molar-refractivity contribution in [3.8, 4) is 0 Å². The van der Waals surface area contributed by atoms with Gasteiger partial charge in [-0.3, -0.25) is 9.59 Å². The Balaban J connectivity index is 1.45. The fourth-order valence-electron chi connectivity index (χ4n) is 2.83. The molecule has 0 N–H and O–H groups in total. The summed E-state index contributed by atoms with van der Waals surface area (Å²) in [7, 11) is 0. The van der Waals surface area contributed by atoms with Crippen LogP contribution in [0.3, 0.4) is 0 Å². The molecule has 2 saturated heterocycles. The molecule has 0 spiro atoms. The Morgan fingerprint density at radius 3 is 2.24 bits per heavy atom. The van der Waals surface area contributed by atoms with Crippen molar-refractivity contribution in [1.29, 1.82) is 0 Å². The first-order valence-corrected chi connectivity index (χ1v) is 7.78. The first-order valence-electron chi connectivity index (χ1n) is 7.78. The van der Waals surface area contributed by atoms with Gasteiger partial charge < -0.3 is 18.9 Å². The molecule has 1 saturated carbocycles. The molecular formula is C15H22O6. The highest BCUT2D eigenvalue weighted by Gasteiger charge is 2.35. The van der Waals surface area contributed by atoms with Crippen LogP contribution in [0.15, 0.2) is 0 Å². The van der Waals surface area contributed by atoms with Crippen LogP contribution in [-0.2, 0) is 28.5 Å². The molecule has 4 atom stereocenters. The Morgan fingerprint density at radius 1 is 0.952 bits per heavy atom. The predicted octanol–water partition coefficient (Wildman–Crippen LogP) is 1.07. The van der Waals surface area contributed by atoms with Gasteiger partial charge >= 0.3 is 11.9 Å². The molecule has 3 aliphatic rings. The highest BCUT2D eigenvalue weighted by atomic mass is 16.6. The number of hydrogen-bond donors (Lipinski definition) is 0. The maximum atomic E-state index is 12.1. The topological polar surface area (TPSA) is 77.7 Å². The summed E-state index contributed by atoms with van der Waals surface area (Å²) >= 11 is 0. The smallest absolute Gasteiger partial charge is 0.309 e. The van der Waals surface area contributed by atoms with Crippen LogP contribution < -0.4 is 0 Å². The van der Waals surface area contributed by atoms with Crippen molar-refractivity contribution >= 4 is 11.9 Å². The second kappa shape index (κ2) is 6.75. The molecule has 2 heterocycles. The van der Waals surface area contributed by atoms with Crippen molar-refractivity contribution in [2.75, 3.05) is 26.4 Å². The van der Waals surface area contributed by atoms with E-state index >= 15 is 0 Å². The zero-order valence-electron chi connectivity index (χ0n) is 12.1. The molecule has 118 valence electrons. The van der Waals surface area contributed by atoms with Crippen LogP contribution >= 0.6 is 0 Å². The second-order valence-corrected chi connectivity index (χ2v) is 6.08. The number of ether oxygens (including phenoxy) is 4. The summed E-state index contributed by atoms with van der Waals surface area (Å²) in [6, 6.07) is 0. The van der Waals surface area contributed by atoms with Crippen LogP contribution in [0.1, 0.15) is 32.1 Å². The molecule has 0 bridgehead atoms. The van der Waals surface area contributed by atoms with E-state index in [4.69, 9.17) is 18.9 Å². The Morgan fingerprint density at radius 2 is 1.57 bits per heavy atom. The molecule has 3 fully saturated rings. The van der Waals surface area contributed by atoms with Crippen molar-refractivity contribution in [2.24, 2.45) is 11.8 Å². The quantitative estimate of drug-likeness (QED) is 0.517. The van der Waals surface area contributed by atoms with Gasteiger partial charge in [0.25, 0.3) is 0 Å². The molecule has 2 unspecified atom stereocenters. The van der Waals surface area contributed by atoms with E-state index in [1.165, 1.54) is 0 Å². The Bertz CT molecular complexity index is 388. The summed E-state index contributed by atoms with van der Waals surface area (Å²) in [5, 5.41) is 0. The molecule has 0 amide bonds. The van der Waals surface area contributed by atoms with Gasteiger partial charge in [0, 0.05) is 6.42 Å². The van der Waals surface area contributed by atoms with Gasteiger partial charge in [-0.25, -0.2) is 0 Å². The van der Waals surface area contributed by atoms with Crippen molar-refractivity contribution < 1.29 is 28.5 Å². The van der Waals surface area contributed by atoms with Crippen LogP contribution in [0.4, 0.5) is 0 Å². The minimum Gasteiger partial charge on any atom is -0.463 e. The third-order valence-electron chi connectivity index (χ3n) is 4.29. The van der Waals surface area contributed by atoms with E-state index in [0.717, 1.165) is 25.7 Å². The summed E-state index contributed by atoms with van der Waals surface area (Å²) in [6.07, 6.45) is 4.22. The lowest BCUT2D eigenvalue weighted by atomic mass is 9.77. The number of epoxide rings is 2. The number of esters is 2. The fourth-order valence-corrected chi connectivity index (χ4v) is 2.83. The number of carbonyl (C=O) groups excluding carboxylic acids is 2. The van der Waals surface area contributed by atoms with Crippen LogP contribution in [0, 0.1) is 11.8 Å². The summed E-state index contributed by atoms with van der Waals surface area (Å²) in [4.78, 5) is 24.0. The average Bonchev–Trinajstić information content (AvgIpc) is 3.38. The third kappa shape index (κ3) is 4.68. The van der Waals surface area contributed by atoms with Gasteiger partial charge in [-0.2, -0.15) is 0 Å². The second-order valence-electron chi connectivity index (χ2n) is 6.08. The fraction of sp³-hybridized carbons (Fsp3) is 0.867. The molecule has 2 aliphatic heterocycles. The lowest BCUT2D eigenvalue weighted by Gasteiger charge is -2.29. The highest BCUT2D eigenvalue weighted by molar-refractivity contribution is 5.75. The van der Waals surface area contributed by atoms with Crippen LogP contribution in [0.5, 0.6) is 0 Å². The van der Waals surface area contributed by atoms with E-state index in [1.807, 2.05) is 0 Å². The number of carbonyl (C=O) groups is 2. The Hall–Kier alpha value is -1.14. The SMILES string of the molecule is O=C(CC1CCCCC1C(=O)OC[C@@H]1CO1)OC[C@H]1CO1. The maximum absolute atomic E-state index is 12.1. The molecule has 0 aromatic heterocycles. The van der Waals surface area contributed by atoms with Crippen LogP contribution in [0.25, 0.3) is 0 Å². The van der Waals surface area contributed by atoms with Gasteiger partial charge in [-0.15, -0.1) is 0 Å². The molecule has 0 radical (unpaired) electrons. The number of rotatable bonds is 7. The zero-order valence-corrected chi connectivity index (χ0v) is 12.1. The van der Waals surface area contributed by atoms with E-state index < -0.39 is 0 Å². The summed E-state index contributed by atoms with van der Waals surface area (Å²) in [6.45, 7) is 2.02. The molecule has 1 aliphatic carbocycles. The van der Waals surface area contributed by atoms with E-state index in [9.17, 15) is 9.59 Å². The minimum absolute atomic E-state index is 0.0407. The molecule has 6 nitrogen and oxygen atoms in total. The normalized spacial score (nSPS) is 34.1. The van der Waals surface area contributed by atoms with Crippen molar-refractivity contribution in [2.45, 2.75) is 44.3 Å². The molecule has 21 heavy (non-hydrogen) atoms. The monoisotopic (exact) mass is 298 g/mol. The molecule has 3 rings (SSSR count). The van der Waals surface area contributed by atoms with Gasteiger partial charge in [-0.05, 0) is 18.8 Å². The lowest BCUT2D eigenvalue weighted by molar-refractivity contribution is -0.154. The first kappa shape index (κ1) is 14.8. The predicted molar refractivity (Wildman–Crippen MR) is 71.5 cm³/mol.